The van der Waals surface area contributed by atoms with Crippen molar-refractivity contribution in [3.05, 3.63) is 163 Å². The number of para-hydroxylation sites is 1. The molecule has 15 nitrogen and oxygen atoms in total. The van der Waals surface area contributed by atoms with Gasteiger partial charge in [0.15, 0.2) is 0 Å². The maximum atomic E-state index is 12.1. The van der Waals surface area contributed by atoms with Gasteiger partial charge in [0.1, 0.15) is 23.3 Å². The van der Waals surface area contributed by atoms with Crippen molar-refractivity contribution in [1.29, 1.82) is 0 Å². The number of amides is 2. The number of nitrogens with two attached hydrogens (primary N) is 1. The van der Waals surface area contributed by atoms with Gasteiger partial charge in [-0.05, 0) is 84.8 Å². The Hall–Kier alpha value is -7.65. The number of halogens is 6. The van der Waals surface area contributed by atoms with Crippen LogP contribution >= 0.6 is 0 Å². The van der Waals surface area contributed by atoms with Gasteiger partial charge in [0.2, 0.25) is 5.88 Å². The Morgan fingerprint density at radius 2 is 1.02 bits per heavy atom. The summed E-state index contributed by atoms with van der Waals surface area (Å²) in [5.74, 6) is -2.28. The molecular formula is C45H51F6N7O8. The van der Waals surface area contributed by atoms with Crippen LogP contribution in [0.25, 0.3) is 0 Å². The maximum absolute atomic E-state index is 12.1. The van der Waals surface area contributed by atoms with E-state index in [1.807, 2.05) is 48.5 Å². The molecule has 21 heteroatoms. The van der Waals surface area contributed by atoms with Crippen molar-refractivity contribution < 1.29 is 69.6 Å². The second-order valence-corrected chi connectivity index (χ2v) is 14.8. The minimum absolute atomic E-state index is 0.0903. The second kappa shape index (κ2) is 26.9. The van der Waals surface area contributed by atoms with Crippen LogP contribution in [0.4, 0.5) is 42.5 Å². The molecule has 0 fully saturated rings. The molecule has 0 radical (unpaired) electrons. The first kappa shape index (κ1) is 54.5. The number of nitrogens with one attached hydrogen (secondary N) is 5. The summed E-state index contributed by atoms with van der Waals surface area (Å²) in [6, 6.07) is 34.0. The lowest BCUT2D eigenvalue weighted by Gasteiger charge is -2.16. The van der Waals surface area contributed by atoms with Gasteiger partial charge in [0, 0.05) is 12.5 Å². The Labute approximate surface area is 377 Å². The zero-order chi connectivity index (χ0) is 49.3. The van der Waals surface area contributed by atoms with Crippen LogP contribution in [0.2, 0.25) is 0 Å². The molecule has 2 unspecified atom stereocenters. The molecule has 5 aromatic carbocycles. The van der Waals surface area contributed by atoms with E-state index in [4.69, 9.17) is 10.5 Å². The van der Waals surface area contributed by atoms with E-state index in [0.29, 0.717) is 17.9 Å². The van der Waals surface area contributed by atoms with Gasteiger partial charge in [-0.1, -0.05) is 78.9 Å². The number of carboxylic acid groups (broad SMARTS) is 2. The van der Waals surface area contributed by atoms with Crippen LogP contribution in [0.5, 0.6) is 17.2 Å². The average Bonchev–Trinajstić information content (AvgIpc) is 3.23. The number of benzene rings is 5. The third-order valence-corrected chi connectivity index (χ3v) is 7.31. The predicted molar refractivity (Wildman–Crippen MR) is 233 cm³/mol. The lowest BCUT2D eigenvalue weighted by molar-refractivity contribution is -0.849. The molecule has 2 amide bonds. The lowest BCUT2D eigenvalue weighted by Crippen LogP contribution is -2.48. The zero-order valence-electron chi connectivity index (χ0n) is 36.2. The summed E-state index contributed by atoms with van der Waals surface area (Å²) in [7, 11) is 8.50. The summed E-state index contributed by atoms with van der Waals surface area (Å²) in [5.41, 5.74) is 17.8. The van der Waals surface area contributed by atoms with E-state index in [0.717, 1.165) is 27.7 Å². The van der Waals surface area contributed by atoms with Crippen LogP contribution in [0.1, 0.15) is 11.1 Å². The summed E-state index contributed by atoms with van der Waals surface area (Å²) >= 11 is 0. The van der Waals surface area contributed by atoms with Crippen molar-refractivity contribution >= 4 is 29.3 Å². The number of alkyl halides is 6. The normalized spacial score (nSPS) is 11.6. The Balaban J connectivity index is 0.000000341. The molecular weight excluding hydrogens is 881 g/mol. The number of aliphatic carboxylic acids is 2. The Morgan fingerprint density at radius 1 is 0.636 bits per heavy atom. The van der Waals surface area contributed by atoms with E-state index in [9.17, 15) is 50.9 Å². The minimum Gasteiger partial charge on any atom is -0.548 e. The van der Waals surface area contributed by atoms with E-state index >= 15 is 0 Å². The van der Waals surface area contributed by atoms with Gasteiger partial charge in [-0.25, -0.2) is 9.59 Å². The molecule has 66 heavy (non-hydrogen) atoms. The third kappa shape index (κ3) is 26.7. The van der Waals surface area contributed by atoms with Gasteiger partial charge < -0.3 is 44.8 Å². The van der Waals surface area contributed by atoms with E-state index < -0.39 is 48.5 Å². The SMILES string of the molecule is C=C(NNc1ccc(OC(F)(F)F)cc1)Oc1ccccc1.C[N+](C)(C)C.NC(Cc1ccccc1)C(=O)[O-].O=C(NNc1ccc(OC(F)(F)F)cc1)NC(Cc1ccccc1)C(=O)O. The molecule has 0 bridgehead atoms. The topological polar surface area (TPSA) is 208 Å². The van der Waals surface area contributed by atoms with Crippen LogP contribution in [0.15, 0.2) is 152 Å². The molecule has 0 saturated heterocycles. The molecule has 5 rings (SSSR count). The van der Waals surface area contributed by atoms with Gasteiger partial charge in [0.05, 0.1) is 45.5 Å². The zero-order valence-corrected chi connectivity index (χ0v) is 36.2. The molecule has 0 saturated carbocycles. The number of anilines is 2. The van der Waals surface area contributed by atoms with Crippen molar-refractivity contribution in [3.8, 4) is 17.2 Å². The first-order valence-corrected chi connectivity index (χ1v) is 19.4. The van der Waals surface area contributed by atoms with Crippen LogP contribution in [0.3, 0.4) is 0 Å². The molecule has 8 N–H and O–H groups in total. The lowest BCUT2D eigenvalue weighted by atomic mass is 10.1. The molecule has 0 aromatic heterocycles. The fourth-order valence-corrected chi connectivity index (χ4v) is 4.60. The highest BCUT2D eigenvalue weighted by Crippen LogP contribution is 2.25. The quantitative estimate of drug-likeness (QED) is 0.0242. The van der Waals surface area contributed by atoms with Crippen LogP contribution < -0.4 is 52.1 Å². The standard InChI is InChI=1S/C17H16F3N3O4.C15H13F3N2O2.C9H11NO2.C4H12N/c18-17(19,20)27-13-8-6-12(7-9-13)22-23-16(26)21-14(15(24)25)10-11-4-2-1-3-5-11;1-11(21-13-5-3-2-4-6-13)19-20-12-7-9-14(10-8-12)22-15(16,17)18;10-8(9(11)12)6-7-4-2-1-3-5-7;1-5(2,3)4/h1-9,14,22H,10H2,(H,24,25)(H2,21,23,26);2-10,19-20H,1H2;1-5,8H,6,10H2,(H,11,12);1-4H3/q;;;+1/p-1. The number of hydrazine groups is 2. The van der Waals surface area contributed by atoms with Crippen molar-refractivity contribution in [3.63, 3.8) is 0 Å². The number of rotatable bonds is 16. The highest BCUT2D eigenvalue weighted by Gasteiger charge is 2.31. The second-order valence-electron chi connectivity index (χ2n) is 14.8. The third-order valence-electron chi connectivity index (χ3n) is 7.31. The minimum atomic E-state index is -4.79. The van der Waals surface area contributed by atoms with Gasteiger partial charge in [-0.15, -0.1) is 26.3 Å². The van der Waals surface area contributed by atoms with Crippen LogP contribution in [-0.2, 0) is 22.4 Å². The fraction of sp³-hybridized carbons (Fsp3) is 0.222. The molecule has 0 aliphatic carbocycles. The Kier molecular flexibility index (Phi) is 22.2. The molecule has 356 valence electrons. The first-order valence-electron chi connectivity index (χ1n) is 19.4. The van der Waals surface area contributed by atoms with Crippen molar-refractivity contribution in [1.82, 2.24) is 16.2 Å². The smallest absolute Gasteiger partial charge is 0.548 e. The summed E-state index contributed by atoms with van der Waals surface area (Å²) in [5, 5.41) is 21.8. The van der Waals surface area contributed by atoms with Crippen LogP contribution in [-0.4, -0.2) is 80.6 Å². The predicted octanol–water partition coefficient (Wildman–Crippen LogP) is 6.59. The van der Waals surface area contributed by atoms with Gasteiger partial charge in [-0.2, -0.15) is 0 Å². The molecule has 0 aliphatic rings. The number of ether oxygens (including phenoxy) is 3. The Bertz CT molecular complexity index is 2190. The number of nitrogens with zero attached hydrogens (tertiary/aromatic N) is 1. The number of carboxylic acids is 2. The summed E-state index contributed by atoms with van der Waals surface area (Å²) in [4.78, 5) is 33.4. The fourth-order valence-electron chi connectivity index (χ4n) is 4.60. The van der Waals surface area contributed by atoms with E-state index in [1.54, 1.807) is 42.5 Å². The molecule has 0 aliphatic heterocycles. The van der Waals surface area contributed by atoms with Crippen molar-refractivity contribution in [2.75, 3.05) is 39.0 Å². The van der Waals surface area contributed by atoms with E-state index in [-0.39, 0.29) is 23.7 Å². The molecule has 0 spiro atoms. The molecule has 2 atom stereocenters. The number of quaternary nitrogens is 1. The largest absolute Gasteiger partial charge is 0.573 e. The monoisotopic (exact) mass is 931 g/mol. The van der Waals surface area contributed by atoms with Crippen molar-refractivity contribution in [2.45, 2.75) is 37.7 Å². The summed E-state index contributed by atoms with van der Waals surface area (Å²) in [6.07, 6.45) is -9.08. The van der Waals surface area contributed by atoms with Gasteiger partial charge in [-0.3, -0.25) is 21.7 Å². The van der Waals surface area contributed by atoms with E-state index in [1.165, 1.54) is 36.4 Å². The van der Waals surface area contributed by atoms with Gasteiger partial charge >= 0.3 is 24.7 Å². The number of carbonyl (C=O) groups excluding carboxylic acids is 2. The van der Waals surface area contributed by atoms with Crippen LogP contribution in [0, 0.1) is 0 Å². The highest BCUT2D eigenvalue weighted by molar-refractivity contribution is 5.83. The summed E-state index contributed by atoms with van der Waals surface area (Å²) < 4.78 is 86.2. The van der Waals surface area contributed by atoms with Gasteiger partial charge in [0.25, 0.3) is 0 Å². The number of carbonyl (C=O) groups is 3. The maximum Gasteiger partial charge on any atom is 0.573 e. The highest BCUT2D eigenvalue weighted by atomic mass is 19.4. The number of urea groups is 1. The Morgan fingerprint density at radius 3 is 1.39 bits per heavy atom. The average molecular weight is 932 g/mol. The first-order chi connectivity index (χ1) is 30.8. The van der Waals surface area contributed by atoms with Crippen molar-refractivity contribution in [2.24, 2.45) is 5.73 Å². The molecule has 5 aromatic rings. The summed E-state index contributed by atoms with van der Waals surface area (Å²) in [6.45, 7) is 3.66. The number of hydrogen-bond donors (Lipinski definition) is 7. The van der Waals surface area contributed by atoms with E-state index in [2.05, 4.69) is 71.3 Å². The number of hydrogen-bond acceptors (Lipinski definition) is 11. The molecule has 0 heterocycles.